The molecule has 1 amide bonds. The van der Waals surface area contributed by atoms with E-state index in [9.17, 15) is 14.3 Å². The minimum absolute atomic E-state index is 0.00799. The van der Waals surface area contributed by atoms with E-state index in [1.807, 2.05) is 44.2 Å². The largest absolute Gasteiger partial charge is 0.378 e. The fraction of sp³-hybridized carbons (Fsp3) is 0.688. The lowest BCUT2D eigenvalue weighted by atomic mass is 10.2. The molecule has 2 aromatic rings. The molecule has 1 unspecified atom stereocenters. The molecule has 1 atom stereocenters. The van der Waals surface area contributed by atoms with Crippen LogP contribution < -0.4 is 5.43 Å². The summed E-state index contributed by atoms with van der Waals surface area (Å²) in [5.41, 5.74) is 3.95. The number of aromatic nitrogens is 3. The molecule has 50 heavy (non-hydrogen) atoms. The number of hydrogen-bond donors (Lipinski definition) is 2. The maximum Gasteiger partial charge on any atom is 0.330 e. The molecule has 0 bridgehead atoms. The average Bonchev–Trinajstić information content (AvgIpc) is 3.56. The zero-order chi connectivity index (χ0) is 36.4. The maximum absolute atomic E-state index is 12.0. The summed E-state index contributed by atoms with van der Waals surface area (Å²) in [6.07, 6.45) is 3.18. The second-order valence-corrected chi connectivity index (χ2v) is 11.7. The lowest BCUT2D eigenvalue weighted by molar-refractivity contribution is -0.121. The first-order valence-electron chi connectivity index (χ1n) is 16.8. The van der Waals surface area contributed by atoms with Crippen LogP contribution in [0.15, 0.2) is 41.6 Å². The van der Waals surface area contributed by atoms with Gasteiger partial charge in [-0.05, 0) is 12.5 Å². The van der Waals surface area contributed by atoms with Crippen molar-refractivity contribution in [1.82, 2.24) is 20.4 Å². The van der Waals surface area contributed by atoms with Gasteiger partial charge in [-0.3, -0.25) is 9.36 Å². The second kappa shape index (κ2) is 32.3. The van der Waals surface area contributed by atoms with Crippen LogP contribution in [0.25, 0.3) is 0 Å². The van der Waals surface area contributed by atoms with E-state index >= 15 is 0 Å². The highest BCUT2D eigenvalue weighted by molar-refractivity contribution is 7.52. The Morgan fingerprint density at radius 3 is 1.72 bits per heavy atom. The molecule has 1 aromatic heterocycles. The van der Waals surface area contributed by atoms with Gasteiger partial charge < -0.3 is 47.3 Å². The molecule has 286 valence electrons. The predicted molar refractivity (Wildman–Crippen MR) is 185 cm³/mol. The molecule has 0 aliphatic carbocycles. The van der Waals surface area contributed by atoms with Crippen molar-refractivity contribution >= 4 is 19.7 Å². The van der Waals surface area contributed by atoms with Gasteiger partial charge in [-0.25, -0.2) is 10.1 Å². The number of carbonyl (C=O) groups excluding carboxylic acids is 1. The van der Waals surface area contributed by atoms with Gasteiger partial charge in [0, 0.05) is 0 Å². The molecule has 0 spiro atoms. The Balaban J connectivity index is 0.00000613. The normalized spacial score (nSPS) is 12.5. The summed E-state index contributed by atoms with van der Waals surface area (Å²) < 4.78 is 61.1. The van der Waals surface area contributed by atoms with E-state index in [0.29, 0.717) is 98.2 Å². The molecular weight excluding hydrogens is 677 g/mol. The molecule has 0 aliphatic heterocycles. The molecule has 0 aliphatic rings. The van der Waals surface area contributed by atoms with Crippen LogP contribution in [-0.4, -0.2) is 144 Å². The first-order chi connectivity index (χ1) is 24.5. The molecule has 0 saturated carbocycles. The highest BCUT2D eigenvalue weighted by atomic mass is 31.2. The molecule has 1 aromatic carbocycles. The van der Waals surface area contributed by atoms with Crippen molar-refractivity contribution in [3.8, 4) is 0 Å². The van der Waals surface area contributed by atoms with Crippen molar-refractivity contribution in [3.63, 3.8) is 0 Å². The number of nitrogens with zero attached hydrogens (tertiary/aromatic N) is 4. The minimum Gasteiger partial charge on any atom is -0.378 e. The average molecular weight is 734 g/mol. The van der Waals surface area contributed by atoms with Crippen molar-refractivity contribution in [3.05, 3.63) is 47.8 Å². The van der Waals surface area contributed by atoms with E-state index in [0.717, 1.165) is 5.56 Å². The number of rotatable bonds is 32. The molecule has 1 heterocycles. The Hall–Kier alpha value is -2.67. The summed E-state index contributed by atoms with van der Waals surface area (Å²) in [7, 11) is -3.53. The van der Waals surface area contributed by atoms with Gasteiger partial charge in [-0.15, -0.1) is 5.10 Å². The Morgan fingerprint density at radius 2 is 1.24 bits per heavy atom. The molecule has 2 N–H and O–H groups in total. The maximum atomic E-state index is 12.0. The van der Waals surface area contributed by atoms with Crippen molar-refractivity contribution in [2.75, 3.05) is 112 Å². The number of hydrazone groups is 1. The van der Waals surface area contributed by atoms with E-state index in [-0.39, 0.29) is 38.4 Å². The zero-order valence-corrected chi connectivity index (χ0v) is 30.5. The highest BCUT2D eigenvalue weighted by Gasteiger charge is 2.17. The highest BCUT2D eigenvalue weighted by Crippen LogP contribution is 2.40. The Labute approximate surface area is 295 Å². The van der Waals surface area contributed by atoms with Crippen LogP contribution in [0.3, 0.4) is 0 Å². The van der Waals surface area contributed by atoms with Gasteiger partial charge in [0.15, 0.2) is 0 Å². The third-order valence-corrected chi connectivity index (χ3v) is 7.21. The van der Waals surface area contributed by atoms with Crippen molar-refractivity contribution in [1.29, 1.82) is 0 Å². The Morgan fingerprint density at radius 1 is 0.780 bits per heavy atom. The monoisotopic (exact) mass is 733 g/mol. The molecular formula is C32H56N5O12P. The quantitative estimate of drug-likeness (QED) is 0.0482. The van der Waals surface area contributed by atoms with Crippen LogP contribution in [-0.2, 0) is 64.9 Å². The van der Waals surface area contributed by atoms with Gasteiger partial charge in [0.2, 0.25) is 0 Å². The predicted octanol–water partition coefficient (Wildman–Crippen LogP) is 2.31. The molecule has 0 radical (unpaired) electrons. The van der Waals surface area contributed by atoms with E-state index in [2.05, 4.69) is 20.8 Å². The van der Waals surface area contributed by atoms with E-state index in [4.69, 9.17) is 42.4 Å². The lowest BCUT2D eigenvalue weighted by Gasteiger charge is -2.11. The van der Waals surface area contributed by atoms with Crippen LogP contribution >= 0.6 is 7.60 Å². The van der Waals surface area contributed by atoms with Crippen molar-refractivity contribution in [2.45, 2.75) is 33.9 Å². The van der Waals surface area contributed by atoms with E-state index < -0.39 is 7.60 Å². The number of amides is 1. The van der Waals surface area contributed by atoms with Crippen LogP contribution in [0.1, 0.15) is 32.0 Å². The van der Waals surface area contributed by atoms with Crippen LogP contribution in [0.2, 0.25) is 0 Å². The number of ether oxygens (including phenoxy) is 8. The summed E-state index contributed by atoms with van der Waals surface area (Å²) >= 11 is 0. The fourth-order valence-corrected chi connectivity index (χ4v) is 4.44. The summed E-state index contributed by atoms with van der Waals surface area (Å²) in [6.45, 7) is 12.2. The third kappa shape index (κ3) is 27.1. The van der Waals surface area contributed by atoms with Crippen molar-refractivity contribution in [2.24, 2.45) is 5.10 Å². The summed E-state index contributed by atoms with van der Waals surface area (Å²) in [5, 5.41) is 11.9. The van der Waals surface area contributed by atoms with Gasteiger partial charge >= 0.3 is 7.60 Å². The third-order valence-electron chi connectivity index (χ3n) is 5.80. The number of hydrogen-bond acceptors (Lipinski definition) is 14. The summed E-state index contributed by atoms with van der Waals surface area (Å²) in [5.74, 6) is -0.316. The fourth-order valence-electron chi connectivity index (χ4n) is 3.54. The Kier molecular flexibility index (Phi) is 29.3. The summed E-state index contributed by atoms with van der Waals surface area (Å²) in [6, 6.07) is 9.45. The van der Waals surface area contributed by atoms with Crippen LogP contribution in [0, 0.1) is 0 Å². The number of benzene rings is 1. The second-order valence-electron chi connectivity index (χ2n) is 9.73. The van der Waals surface area contributed by atoms with Gasteiger partial charge in [0.25, 0.3) is 5.91 Å². The molecule has 17 nitrogen and oxygen atoms in total. The lowest BCUT2D eigenvalue weighted by Crippen LogP contribution is -2.23. The first kappa shape index (κ1) is 45.4. The van der Waals surface area contributed by atoms with Crippen molar-refractivity contribution < 1.29 is 56.7 Å². The number of nitrogens with one attached hydrogen (secondary N) is 1. The van der Waals surface area contributed by atoms with E-state index in [1.54, 1.807) is 19.3 Å². The van der Waals surface area contributed by atoms with Gasteiger partial charge in [0.1, 0.15) is 12.2 Å². The summed E-state index contributed by atoms with van der Waals surface area (Å²) in [4.78, 5) is 21.4. The SMILES string of the molecule is CC.CCOP(=O)(O)CCOCCOCCOCCOCCOCCOCCOCCOCc1cn(CC(=O)N/N=C/c2ccccc2)nn1. The standard InChI is InChI=1S/C30H50N5O12P.C2H6/c1-2-47-48(37,38)23-22-45-19-18-43-15-14-41-11-10-39-8-9-40-12-13-42-16-17-44-20-21-46-27-29-25-35(34-32-29)26-30(36)33-31-24-28-6-4-3-5-7-28;1-2/h3-7,24-25H,2,8-23,26-27H2,1H3,(H,33,36)(H,37,38);1-2H3/b31-24+;. The first-order valence-corrected chi connectivity index (χ1v) is 18.6. The van der Waals surface area contributed by atoms with Gasteiger partial charge in [-0.2, -0.15) is 5.10 Å². The molecule has 2 rings (SSSR count). The molecule has 0 saturated heterocycles. The van der Waals surface area contributed by atoms with Gasteiger partial charge in [0.05, 0.1) is 131 Å². The smallest absolute Gasteiger partial charge is 0.330 e. The van der Waals surface area contributed by atoms with Gasteiger partial charge in [-0.1, -0.05) is 49.4 Å². The molecule has 18 heteroatoms. The minimum atomic E-state index is -3.53. The topological polar surface area (TPSA) is 193 Å². The Bertz CT molecular complexity index is 1150. The zero-order valence-electron chi connectivity index (χ0n) is 29.7. The molecule has 0 fully saturated rings. The number of carbonyl (C=O) groups is 1. The van der Waals surface area contributed by atoms with Crippen LogP contribution in [0.5, 0.6) is 0 Å². The van der Waals surface area contributed by atoms with E-state index in [1.165, 1.54) is 4.68 Å². The van der Waals surface area contributed by atoms with Crippen LogP contribution in [0.4, 0.5) is 0 Å².